The molecule has 3 aromatic rings. The zero-order chi connectivity index (χ0) is 17.1. The maximum atomic E-state index is 6.03. The van der Waals surface area contributed by atoms with Crippen LogP contribution in [-0.4, -0.2) is 29.2 Å². The highest BCUT2D eigenvalue weighted by Crippen LogP contribution is 2.33. The molecule has 2 N–H and O–H groups in total. The lowest BCUT2D eigenvalue weighted by atomic mass is 10.0. The van der Waals surface area contributed by atoms with Gasteiger partial charge in [0.05, 0.1) is 19.8 Å². The van der Waals surface area contributed by atoms with Crippen molar-refractivity contribution in [2.75, 3.05) is 20.0 Å². The molecule has 6 nitrogen and oxygen atoms in total. The van der Waals surface area contributed by atoms with Crippen LogP contribution in [0.15, 0.2) is 42.7 Å². The number of pyridine rings is 1. The molecule has 1 aromatic carbocycles. The van der Waals surface area contributed by atoms with E-state index in [4.69, 9.17) is 22.1 Å². The fraction of sp³-hybridized carbons (Fsp3) is 0.111. The van der Waals surface area contributed by atoms with E-state index < -0.39 is 0 Å². The fourth-order valence-electron chi connectivity index (χ4n) is 2.36. The second-order valence-electron chi connectivity index (χ2n) is 5.06. The van der Waals surface area contributed by atoms with Gasteiger partial charge < -0.3 is 15.2 Å². The monoisotopic (exact) mass is 320 g/mol. The maximum absolute atomic E-state index is 6.03. The van der Waals surface area contributed by atoms with E-state index in [-0.39, 0.29) is 6.01 Å². The predicted molar refractivity (Wildman–Crippen MR) is 91.6 cm³/mol. The smallest absolute Gasteiger partial charge is 0.319 e. The van der Waals surface area contributed by atoms with Gasteiger partial charge in [-0.05, 0) is 24.1 Å². The summed E-state index contributed by atoms with van der Waals surface area (Å²) >= 11 is 0. The van der Waals surface area contributed by atoms with Gasteiger partial charge in [-0.2, -0.15) is 4.98 Å². The van der Waals surface area contributed by atoms with E-state index in [9.17, 15) is 0 Å². The first kappa shape index (κ1) is 15.7. The quantitative estimate of drug-likeness (QED) is 0.796. The molecule has 0 spiro atoms. The van der Waals surface area contributed by atoms with Crippen molar-refractivity contribution in [3.8, 4) is 34.1 Å². The van der Waals surface area contributed by atoms with Gasteiger partial charge in [-0.1, -0.05) is 24.3 Å². The number of ether oxygens (including phenoxy) is 2. The Bertz CT molecular complexity index is 881. The Morgan fingerprint density at radius 2 is 1.79 bits per heavy atom. The first-order valence-corrected chi connectivity index (χ1v) is 7.19. The van der Waals surface area contributed by atoms with Crippen LogP contribution in [0.2, 0.25) is 0 Å². The summed E-state index contributed by atoms with van der Waals surface area (Å²) in [5.41, 5.74) is 9.82. The van der Waals surface area contributed by atoms with Crippen molar-refractivity contribution in [2.45, 2.75) is 0 Å². The van der Waals surface area contributed by atoms with Crippen molar-refractivity contribution in [2.24, 2.45) is 0 Å². The van der Waals surface area contributed by atoms with Crippen molar-refractivity contribution in [1.82, 2.24) is 15.0 Å². The van der Waals surface area contributed by atoms with E-state index >= 15 is 0 Å². The lowest BCUT2D eigenvalue weighted by Crippen LogP contribution is -1.99. The summed E-state index contributed by atoms with van der Waals surface area (Å²) in [7, 11) is 3.03. The summed E-state index contributed by atoms with van der Waals surface area (Å²) < 4.78 is 10.3. The summed E-state index contributed by atoms with van der Waals surface area (Å²) in [5, 5.41) is 0. The Kier molecular flexibility index (Phi) is 4.29. The first-order chi connectivity index (χ1) is 11.6. The summed E-state index contributed by atoms with van der Waals surface area (Å²) in [4.78, 5) is 12.6. The lowest BCUT2D eigenvalue weighted by molar-refractivity contribution is 0.353. The highest BCUT2D eigenvalue weighted by Gasteiger charge is 2.13. The highest BCUT2D eigenvalue weighted by molar-refractivity contribution is 5.80. The van der Waals surface area contributed by atoms with Crippen LogP contribution >= 0.6 is 0 Å². The molecule has 0 fully saturated rings. The zero-order valence-corrected chi connectivity index (χ0v) is 13.4. The van der Waals surface area contributed by atoms with E-state index in [0.29, 0.717) is 22.8 Å². The Morgan fingerprint density at radius 3 is 2.50 bits per heavy atom. The number of nitrogen functional groups attached to an aromatic ring is 1. The van der Waals surface area contributed by atoms with Crippen molar-refractivity contribution >= 4 is 5.82 Å². The molecule has 0 aliphatic carbocycles. The fourth-order valence-corrected chi connectivity index (χ4v) is 2.36. The normalized spacial score (nSPS) is 10.5. The molecule has 0 aliphatic rings. The molecule has 3 rings (SSSR count). The van der Waals surface area contributed by atoms with Crippen LogP contribution in [0.1, 0.15) is 5.56 Å². The molecule has 0 atom stereocenters. The molecule has 2 aromatic heterocycles. The summed E-state index contributed by atoms with van der Waals surface area (Å²) in [6.45, 7) is 5.86. The van der Waals surface area contributed by atoms with Crippen molar-refractivity contribution < 1.29 is 9.47 Å². The Morgan fingerprint density at radius 1 is 0.958 bits per heavy atom. The van der Waals surface area contributed by atoms with Crippen LogP contribution in [0.4, 0.5) is 5.82 Å². The summed E-state index contributed by atoms with van der Waals surface area (Å²) in [6.07, 6.45) is 3.28. The Hall–Kier alpha value is -3.15. The van der Waals surface area contributed by atoms with E-state index in [2.05, 4.69) is 15.0 Å². The predicted octanol–water partition coefficient (Wildman–Crippen LogP) is 2.86. The van der Waals surface area contributed by atoms with Crippen LogP contribution in [0.25, 0.3) is 22.3 Å². The molecule has 0 bridgehead atoms. The van der Waals surface area contributed by atoms with Gasteiger partial charge in [0.1, 0.15) is 5.82 Å². The molecular weight excluding hydrogens is 304 g/mol. The van der Waals surface area contributed by atoms with Crippen molar-refractivity contribution in [3.63, 3.8) is 0 Å². The summed E-state index contributed by atoms with van der Waals surface area (Å²) in [6, 6.07) is 9.60. The number of nitrogens with two attached hydrogens (primary N) is 1. The largest absolute Gasteiger partial charge is 0.480 e. The summed E-state index contributed by atoms with van der Waals surface area (Å²) in [5.74, 6) is 0.810. The lowest BCUT2D eigenvalue weighted by Gasteiger charge is -2.11. The molecule has 0 saturated carbocycles. The number of hydrogen-bond acceptors (Lipinski definition) is 6. The minimum atomic E-state index is 0.232. The third kappa shape index (κ3) is 2.99. The van der Waals surface area contributed by atoms with Gasteiger partial charge in [-0.3, -0.25) is 0 Å². The SMILES string of the molecule is [CH]c1cccc(-c2cc(-c3cnc(OC)nc3OC)cnc2N)c1. The first-order valence-electron chi connectivity index (χ1n) is 7.19. The van der Waals surface area contributed by atoms with Gasteiger partial charge in [0.25, 0.3) is 0 Å². The van der Waals surface area contributed by atoms with E-state index in [1.54, 1.807) is 12.4 Å². The van der Waals surface area contributed by atoms with Crippen molar-refractivity contribution in [1.29, 1.82) is 0 Å². The minimum absolute atomic E-state index is 0.232. The van der Waals surface area contributed by atoms with E-state index in [1.165, 1.54) is 14.2 Å². The second-order valence-corrected chi connectivity index (χ2v) is 5.06. The van der Waals surface area contributed by atoms with Gasteiger partial charge in [-0.25, -0.2) is 9.97 Å². The van der Waals surface area contributed by atoms with E-state index in [0.717, 1.165) is 16.7 Å². The third-order valence-corrected chi connectivity index (χ3v) is 3.53. The second kappa shape index (κ2) is 6.54. The van der Waals surface area contributed by atoms with Gasteiger partial charge >= 0.3 is 6.01 Å². The van der Waals surface area contributed by atoms with Crippen LogP contribution in [0.3, 0.4) is 0 Å². The third-order valence-electron chi connectivity index (χ3n) is 3.53. The molecule has 0 unspecified atom stereocenters. The molecule has 24 heavy (non-hydrogen) atoms. The average Bonchev–Trinajstić information content (AvgIpc) is 2.61. The molecular formula is C18H16N4O2. The van der Waals surface area contributed by atoms with Crippen LogP contribution in [-0.2, 0) is 0 Å². The average molecular weight is 320 g/mol. The molecule has 0 aliphatic heterocycles. The maximum Gasteiger partial charge on any atom is 0.319 e. The van der Waals surface area contributed by atoms with Gasteiger partial charge in [0, 0.05) is 23.5 Å². The Labute approximate surface area is 140 Å². The van der Waals surface area contributed by atoms with Gasteiger partial charge in [0.15, 0.2) is 0 Å². The number of hydrogen-bond donors (Lipinski definition) is 1. The van der Waals surface area contributed by atoms with Gasteiger partial charge in [-0.15, -0.1) is 0 Å². The van der Waals surface area contributed by atoms with Gasteiger partial charge in [0.2, 0.25) is 5.88 Å². The molecule has 120 valence electrons. The molecule has 0 saturated heterocycles. The molecule has 0 amide bonds. The van der Waals surface area contributed by atoms with Crippen LogP contribution < -0.4 is 15.2 Å². The number of anilines is 1. The van der Waals surface area contributed by atoms with E-state index in [1.807, 2.05) is 30.3 Å². The van der Waals surface area contributed by atoms with Crippen LogP contribution in [0, 0.1) is 6.92 Å². The number of aromatic nitrogens is 3. The number of rotatable bonds is 4. The topological polar surface area (TPSA) is 83.2 Å². The number of methoxy groups -OCH3 is 2. The Balaban J connectivity index is 2.12. The standard InChI is InChI=1S/C18H16N4O2/c1-11-5-4-6-12(7-11)14-8-13(9-20-16(14)19)15-10-21-18(24-3)22-17(15)23-2/h1,4-10H,2-3H3,(H2,19,20). The zero-order valence-electron chi connectivity index (χ0n) is 13.4. The molecule has 6 heteroatoms. The molecule has 2 radical (unpaired) electrons. The number of benzene rings is 1. The van der Waals surface area contributed by atoms with Crippen LogP contribution in [0.5, 0.6) is 11.9 Å². The molecule has 2 heterocycles. The highest BCUT2D eigenvalue weighted by atomic mass is 16.5. The minimum Gasteiger partial charge on any atom is -0.480 e. The number of nitrogens with zero attached hydrogens (tertiary/aromatic N) is 3. The van der Waals surface area contributed by atoms with Crippen molar-refractivity contribution in [3.05, 3.63) is 55.2 Å².